The molecule has 6 heteroatoms. The molecule has 30 heavy (non-hydrogen) atoms. The molecule has 1 heterocycles. The van der Waals surface area contributed by atoms with Crippen LogP contribution in [0.5, 0.6) is 11.5 Å². The zero-order valence-corrected chi connectivity index (χ0v) is 17.8. The number of likely N-dealkylation sites (N-methyl/N-ethyl adjacent to an activating group) is 1. The molecule has 0 spiro atoms. The van der Waals surface area contributed by atoms with Crippen molar-refractivity contribution in [2.75, 3.05) is 19.9 Å². The van der Waals surface area contributed by atoms with Gasteiger partial charge in [0.1, 0.15) is 0 Å². The SMILES string of the molecule is CCN(Cc1ccc2c(c1)OCO2)C(=O)CNC(=O)CC12CC3CC(CC(C3)C1)C2. The number of hydrogen-bond donors (Lipinski definition) is 1. The first-order valence-corrected chi connectivity index (χ1v) is 11.4. The quantitative estimate of drug-likeness (QED) is 0.744. The van der Waals surface area contributed by atoms with Gasteiger partial charge >= 0.3 is 0 Å². The van der Waals surface area contributed by atoms with Crippen molar-refractivity contribution in [3.8, 4) is 11.5 Å². The number of rotatable bonds is 7. The summed E-state index contributed by atoms with van der Waals surface area (Å²) in [5.74, 6) is 3.97. The third-order valence-corrected chi connectivity index (χ3v) is 7.68. The summed E-state index contributed by atoms with van der Waals surface area (Å²) in [5, 5.41) is 2.92. The Labute approximate surface area is 178 Å². The van der Waals surface area contributed by atoms with Crippen molar-refractivity contribution in [1.29, 1.82) is 0 Å². The van der Waals surface area contributed by atoms with Gasteiger partial charge in [0.15, 0.2) is 11.5 Å². The van der Waals surface area contributed by atoms with Gasteiger partial charge in [0.2, 0.25) is 18.6 Å². The third-order valence-electron chi connectivity index (χ3n) is 7.68. The van der Waals surface area contributed by atoms with Crippen molar-refractivity contribution >= 4 is 11.8 Å². The summed E-state index contributed by atoms with van der Waals surface area (Å²) in [5.41, 5.74) is 1.20. The van der Waals surface area contributed by atoms with Crippen LogP contribution >= 0.6 is 0 Å². The van der Waals surface area contributed by atoms with Crippen LogP contribution in [-0.2, 0) is 16.1 Å². The highest BCUT2D eigenvalue weighted by molar-refractivity contribution is 5.85. The highest BCUT2D eigenvalue weighted by Crippen LogP contribution is 2.61. The minimum atomic E-state index is -0.0472. The van der Waals surface area contributed by atoms with Gasteiger partial charge in [-0.15, -0.1) is 0 Å². The summed E-state index contributed by atoms with van der Waals surface area (Å²) in [7, 11) is 0. The highest BCUT2D eigenvalue weighted by atomic mass is 16.7. The first kappa shape index (κ1) is 19.7. The van der Waals surface area contributed by atoms with E-state index in [9.17, 15) is 9.59 Å². The molecule has 0 radical (unpaired) electrons. The number of hydrogen-bond acceptors (Lipinski definition) is 4. The van der Waals surface area contributed by atoms with Crippen molar-refractivity contribution in [2.24, 2.45) is 23.2 Å². The molecule has 162 valence electrons. The molecule has 5 aliphatic rings. The number of carbonyl (C=O) groups is 2. The maximum atomic E-state index is 12.7. The molecule has 1 aromatic carbocycles. The average Bonchev–Trinajstić information content (AvgIpc) is 3.16. The standard InChI is InChI=1S/C24H32N2O4/c1-2-26(14-16-3-4-20-21(8-16)30-15-29-20)23(28)13-25-22(27)12-24-9-17-5-18(10-24)7-19(6-17)11-24/h3-4,8,17-19H,2,5-7,9-15H2,1H3,(H,25,27). The fraction of sp³-hybridized carbons (Fsp3) is 0.667. The number of nitrogens with one attached hydrogen (secondary N) is 1. The number of amides is 2. The minimum Gasteiger partial charge on any atom is -0.454 e. The summed E-state index contributed by atoms with van der Waals surface area (Å²) >= 11 is 0. The molecule has 2 amide bonds. The summed E-state index contributed by atoms with van der Waals surface area (Å²) in [6.07, 6.45) is 8.38. The number of fused-ring (bicyclic) bond motifs is 1. The van der Waals surface area contributed by atoms with E-state index in [0.29, 0.717) is 19.5 Å². The third kappa shape index (κ3) is 3.88. The molecule has 1 aromatic rings. The summed E-state index contributed by atoms with van der Waals surface area (Å²) in [6, 6.07) is 5.75. The van der Waals surface area contributed by atoms with Crippen molar-refractivity contribution in [3.63, 3.8) is 0 Å². The van der Waals surface area contributed by atoms with Crippen molar-refractivity contribution in [3.05, 3.63) is 23.8 Å². The van der Waals surface area contributed by atoms with Gasteiger partial charge in [-0.2, -0.15) is 0 Å². The first-order valence-electron chi connectivity index (χ1n) is 11.4. The van der Waals surface area contributed by atoms with Gasteiger partial charge in [0.05, 0.1) is 6.54 Å². The normalized spacial score (nSPS) is 30.4. The summed E-state index contributed by atoms with van der Waals surface area (Å²) < 4.78 is 10.8. The van der Waals surface area contributed by atoms with Crippen LogP contribution in [0.3, 0.4) is 0 Å². The van der Waals surface area contributed by atoms with E-state index in [4.69, 9.17) is 9.47 Å². The van der Waals surface area contributed by atoms with Crippen LogP contribution in [0.2, 0.25) is 0 Å². The topological polar surface area (TPSA) is 67.9 Å². The van der Waals surface area contributed by atoms with Gasteiger partial charge in [-0.1, -0.05) is 6.07 Å². The second-order valence-corrected chi connectivity index (χ2v) is 9.97. The van der Waals surface area contributed by atoms with Crippen LogP contribution in [0.4, 0.5) is 0 Å². The van der Waals surface area contributed by atoms with Gasteiger partial charge in [0.25, 0.3) is 0 Å². The lowest BCUT2D eigenvalue weighted by molar-refractivity contribution is -0.135. The molecule has 4 bridgehead atoms. The second-order valence-electron chi connectivity index (χ2n) is 9.97. The molecule has 1 N–H and O–H groups in total. The van der Waals surface area contributed by atoms with Gasteiger partial charge in [-0.3, -0.25) is 9.59 Å². The maximum Gasteiger partial charge on any atom is 0.242 e. The maximum absolute atomic E-state index is 12.7. The van der Waals surface area contributed by atoms with Crippen LogP contribution in [0.25, 0.3) is 0 Å². The fourth-order valence-electron chi connectivity index (χ4n) is 6.83. The molecule has 6 nitrogen and oxygen atoms in total. The Bertz CT molecular complexity index is 801. The van der Waals surface area contributed by atoms with E-state index >= 15 is 0 Å². The van der Waals surface area contributed by atoms with Crippen LogP contribution in [0.15, 0.2) is 18.2 Å². The predicted octanol–water partition coefficient (Wildman–Crippen LogP) is 3.49. The molecule has 0 aromatic heterocycles. The highest BCUT2D eigenvalue weighted by Gasteiger charge is 2.51. The number of ether oxygens (including phenoxy) is 2. The second kappa shape index (κ2) is 7.78. The Kier molecular flexibility index (Phi) is 5.11. The Morgan fingerprint density at radius 1 is 1.07 bits per heavy atom. The van der Waals surface area contributed by atoms with E-state index in [1.807, 2.05) is 25.1 Å². The van der Waals surface area contributed by atoms with Gasteiger partial charge in [-0.25, -0.2) is 0 Å². The molecule has 0 atom stereocenters. The summed E-state index contributed by atoms with van der Waals surface area (Å²) in [6.45, 7) is 3.37. The molecule has 4 saturated carbocycles. The first-order chi connectivity index (χ1) is 14.5. The van der Waals surface area contributed by atoms with Gasteiger partial charge < -0.3 is 19.7 Å². The molecule has 4 fully saturated rings. The zero-order valence-electron chi connectivity index (χ0n) is 17.8. The van der Waals surface area contributed by atoms with Gasteiger partial charge in [-0.05, 0) is 86.3 Å². The molecule has 4 aliphatic carbocycles. The number of nitrogens with zero attached hydrogens (tertiary/aromatic N) is 1. The Morgan fingerprint density at radius 2 is 1.73 bits per heavy atom. The Morgan fingerprint density at radius 3 is 2.40 bits per heavy atom. The molecular formula is C24H32N2O4. The molecule has 0 unspecified atom stereocenters. The average molecular weight is 413 g/mol. The van der Waals surface area contributed by atoms with E-state index < -0.39 is 0 Å². The Balaban J connectivity index is 1.13. The van der Waals surface area contributed by atoms with Gasteiger partial charge in [0, 0.05) is 19.5 Å². The van der Waals surface area contributed by atoms with Crippen molar-refractivity contribution < 1.29 is 19.1 Å². The lowest BCUT2D eigenvalue weighted by atomic mass is 9.49. The van der Waals surface area contributed by atoms with E-state index in [-0.39, 0.29) is 30.6 Å². The zero-order chi connectivity index (χ0) is 20.7. The van der Waals surface area contributed by atoms with E-state index in [0.717, 1.165) is 34.8 Å². The number of benzene rings is 1. The largest absolute Gasteiger partial charge is 0.454 e. The minimum absolute atomic E-state index is 0.0458. The lowest BCUT2D eigenvalue weighted by Gasteiger charge is -2.56. The molecular weight excluding hydrogens is 380 g/mol. The van der Waals surface area contributed by atoms with E-state index in [1.54, 1.807) is 4.90 Å². The molecule has 0 saturated heterocycles. The fourth-order valence-corrected chi connectivity index (χ4v) is 6.83. The van der Waals surface area contributed by atoms with Crippen LogP contribution < -0.4 is 14.8 Å². The Hall–Kier alpha value is -2.24. The predicted molar refractivity (Wildman–Crippen MR) is 112 cm³/mol. The monoisotopic (exact) mass is 412 g/mol. The van der Waals surface area contributed by atoms with Crippen LogP contribution in [0, 0.1) is 23.2 Å². The van der Waals surface area contributed by atoms with Crippen LogP contribution in [-0.4, -0.2) is 36.6 Å². The van der Waals surface area contributed by atoms with Crippen molar-refractivity contribution in [1.82, 2.24) is 10.2 Å². The molecule has 6 rings (SSSR count). The molecule has 1 aliphatic heterocycles. The van der Waals surface area contributed by atoms with E-state index in [1.165, 1.54) is 38.5 Å². The van der Waals surface area contributed by atoms with E-state index in [2.05, 4.69) is 5.32 Å². The smallest absolute Gasteiger partial charge is 0.242 e. The van der Waals surface area contributed by atoms with Crippen LogP contribution in [0.1, 0.15) is 57.4 Å². The van der Waals surface area contributed by atoms with Crippen molar-refractivity contribution in [2.45, 2.75) is 58.4 Å². The lowest BCUT2D eigenvalue weighted by Crippen LogP contribution is -2.48. The number of carbonyl (C=O) groups excluding carboxylic acids is 2. The summed E-state index contributed by atoms with van der Waals surface area (Å²) in [4.78, 5) is 27.2.